The van der Waals surface area contributed by atoms with Gasteiger partial charge in [0.15, 0.2) is 0 Å². The van der Waals surface area contributed by atoms with Gasteiger partial charge in [0.1, 0.15) is 5.69 Å². The predicted octanol–water partition coefficient (Wildman–Crippen LogP) is 3.60. The molecule has 0 spiro atoms. The minimum Gasteiger partial charge on any atom is -0.349 e. The van der Waals surface area contributed by atoms with Crippen LogP contribution in [0.2, 0.25) is 0 Å². The largest absolute Gasteiger partial charge is 0.349 e. The zero-order chi connectivity index (χ0) is 22.7. The van der Waals surface area contributed by atoms with Gasteiger partial charge in [-0.3, -0.25) is 14.7 Å². The van der Waals surface area contributed by atoms with E-state index in [0.29, 0.717) is 42.8 Å². The Kier molecular flexibility index (Phi) is 6.04. The van der Waals surface area contributed by atoms with Crippen molar-refractivity contribution < 1.29 is 9.59 Å². The Morgan fingerprint density at radius 3 is 2.44 bits per heavy atom. The molecule has 0 unspecified atom stereocenters. The fourth-order valence-corrected chi connectivity index (χ4v) is 3.84. The van der Waals surface area contributed by atoms with Gasteiger partial charge in [-0.05, 0) is 74.2 Å². The maximum absolute atomic E-state index is 12.9. The third-order valence-electron chi connectivity index (χ3n) is 6.00. The van der Waals surface area contributed by atoms with Crippen molar-refractivity contribution in [2.75, 3.05) is 13.1 Å². The van der Waals surface area contributed by atoms with Crippen molar-refractivity contribution in [3.05, 3.63) is 76.5 Å². The van der Waals surface area contributed by atoms with Gasteiger partial charge in [-0.15, -0.1) is 0 Å². The van der Waals surface area contributed by atoms with Crippen LogP contribution in [0.15, 0.2) is 48.5 Å². The Balaban J connectivity index is 1.33. The van der Waals surface area contributed by atoms with Crippen molar-refractivity contribution in [1.29, 1.82) is 5.26 Å². The van der Waals surface area contributed by atoms with Crippen LogP contribution < -0.4 is 5.32 Å². The molecule has 3 aromatic rings. The summed E-state index contributed by atoms with van der Waals surface area (Å²) in [5, 5.41) is 19.1. The summed E-state index contributed by atoms with van der Waals surface area (Å²) in [7, 11) is 0. The highest BCUT2D eigenvalue weighted by atomic mass is 16.2. The van der Waals surface area contributed by atoms with E-state index in [4.69, 9.17) is 5.26 Å². The van der Waals surface area contributed by atoms with E-state index in [9.17, 15) is 9.59 Å². The first-order valence-electron chi connectivity index (χ1n) is 10.7. The normalized spacial score (nSPS) is 14.1. The number of likely N-dealkylation sites (tertiary alicyclic amines) is 1. The molecule has 1 aromatic heterocycles. The number of nitrogens with one attached hydrogen (secondary N) is 2. The molecular weight excluding hydrogens is 402 g/mol. The van der Waals surface area contributed by atoms with Gasteiger partial charge in [0.2, 0.25) is 0 Å². The molecule has 0 saturated carbocycles. The number of carbonyl (C=O) groups is 2. The summed E-state index contributed by atoms with van der Waals surface area (Å²) in [6, 6.07) is 16.5. The van der Waals surface area contributed by atoms with Gasteiger partial charge in [0.05, 0.1) is 17.3 Å². The van der Waals surface area contributed by atoms with E-state index in [1.807, 2.05) is 12.1 Å². The van der Waals surface area contributed by atoms with Crippen LogP contribution >= 0.6 is 0 Å². The molecule has 2 heterocycles. The number of nitrogens with zero attached hydrogens (tertiary/aromatic N) is 3. The maximum atomic E-state index is 12.9. The Morgan fingerprint density at radius 2 is 1.78 bits per heavy atom. The monoisotopic (exact) mass is 427 g/mol. The zero-order valence-electron chi connectivity index (χ0n) is 18.2. The highest BCUT2D eigenvalue weighted by Crippen LogP contribution is 2.22. The first-order valence-corrected chi connectivity index (χ1v) is 10.7. The van der Waals surface area contributed by atoms with Crippen LogP contribution in [0.1, 0.15) is 50.4 Å². The van der Waals surface area contributed by atoms with E-state index in [2.05, 4.69) is 41.5 Å². The van der Waals surface area contributed by atoms with E-state index in [0.717, 1.165) is 11.3 Å². The minimum atomic E-state index is -0.161. The second-order valence-electron chi connectivity index (χ2n) is 8.19. The first kappa shape index (κ1) is 21.3. The van der Waals surface area contributed by atoms with Crippen molar-refractivity contribution in [2.45, 2.75) is 32.7 Å². The van der Waals surface area contributed by atoms with Gasteiger partial charge in [0.25, 0.3) is 11.8 Å². The molecular formula is C25H25N5O2. The summed E-state index contributed by atoms with van der Waals surface area (Å²) in [6.07, 6.45) is 1.37. The lowest BCUT2D eigenvalue weighted by Crippen LogP contribution is -2.46. The molecule has 1 aliphatic heterocycles. The fourth-order valence-electron chi connectivity index (χ4n) is 3.84. The Morgan fingerprint density at radius 1 is 1.06 bits per heavy atom. The molecule has 162 valence electrons. The van der Waals surface area contributed by atoms with E-state index < -0.39 is 0 Å². The van der Waals surface area contributed by atoms with Gasteiger partial charge < -0.3 is 10.2 Å². The van der Waals surface area contributed by atoms with Gasteiger partial charge in [-0.2, -0.15) is 10.4 Å². The number of piperidine rings is 1. The quantitative estimate of drug-likeness (QED) is 0.664. The third kappa shape index (κ3) is 4.54. The Labute approximate surface area is 187 Å². The topological polar surface area (TPSA) is 102 Å². The van der Waals surface area contributed by atoms with E-state index in [1.54, 1.807) is 35.2 Å². The molecule has 2 N–H and O–H groups in total. The number of aromatic nitrogens is 2. The lowest BCUT2D eigenvalue weighted by atomic mass is 10.0. The fraction of sp³-hybridized carbons (Fsp3) is 0.280. The molecule has 1 aliphatic rings. The molecule has 0 radical (unpaired) electrons. The number of carbonyl (C=O) groups excluding carboxylic acids is 2. The van der Waals surface area contributed by atoms with E-state index in [-0.39, 0.29) is 17.9 Å². The Bertz CT molecular complexity index is 1180. The van der Waals surface area contributed by atoms with Crippen LogP contribution in [0.4, 0.5) is 0 Å². The first-order chi connectivity index (χ1) is 15.4. The number of amides is 2. The molecule has 0 aliphatic carbocycles. The summed E-state index contributed by atoms with van der Waals surface area (Å²) in [5.41, 5.74) is 5.65. The SMILES string of the molecule is Cc1ccc(-c2cc(C(=O)N3CCC(NC(=O)c4ccc(C#N)cc4)CC3)[nH]n2)cc1C. The average molecular weight is 428 g/mol. The second-order valence-corrected chi connectivity index (χ2v) is 8.19. The number of aromatic amines is 1. The smallest absolute Gasteiger partial charge is 0.271 e. The number of benzene rings is 2. The van der Waals surface area contributed by atoms with Crippen LogP contribution in [-0.4, -0.2) is 46.0 Å². The van der Waals surface area contributed by atoms with Crippen LogP contribution in [-0.2, 0) is 0 Å². The summed E-state index contributed by atoms with van der Waals surface area (Å²) < 4.78 is 0. The highest BCUT2D eigenvalue weighted by molar-refractivity contribution is 5.95. The van der Waals surface area contributed by atoms with E-state index in [1.165, 1.54) is 11.1 Å². The van der Waals surface area contributed by atoms with Crippen molar-refractivity contribution in [2.24, 2.45) is 0 Å². The van der Waals surface area contributed by atoms with Crippen molar-refractivity contribution in [3.8, 4) is 17.3 Å². The summed E-state index contributed by atoms with van der Waals surface area (Å²) in [6.45, 7) is 5.25. The van der Waals surface area contributed by atoms with Crippen LogP contribution in [0.3, 0.4) is 0 Å². The zero-order valence-corrected chi connectivity index (χ0v) is 18.2. The van der Waals surface area contributed by atoms with Gasteiger partial charge in [-0.25, -0.2) is 0 Å². The van der Waals surface area contributed by atoms with Crippen molar-refractivity contribution in [3.63, 3.8) is 0 Å². The van der Waals surface area contributed by atoms with E-state index >= 15 is 0 Å². The molecule has 2 aromatic carbocycles. The van der Waals surface area contributed by atoms with Crippen LogP contribution in [0.25, 0.3) is 11.3 Å². The highest BCUT2D eigenvalue weighted by Gasteiger charge is 2.26. The van der Waals surface area contributed by atoms with Gasteiger partial charge in [-0.1, -0.05) is 12.1 Å². The summed E-state index contributed by atoms with van der Waals surface area (Å²) >= 11 is 0. The molecule has 1 fully saturated rings. The lowest BCUT2D eigenvalue weighted by molar-refractivity contribution is 0.0692. The third-order valence-corrected chi connectivity index (χ3v) is 6.00. The molecule has 4 rings (SSSR count). The van der Waals surface area contributed by atoms with Crippen molar-refractivity contribution in [1.82, 2.24) is 20.4 Å². The number of H-pyrrole nitrogens is 1. The molecule has 7 nitrogen and oxygen atoms in total. The molecule has 32 heavy (non-hydrogen) atoms. The van der Waals surface area contributed by atoms with Gasteiger partial charge in [0, 0.05) is 30.3 Å². The number of aryl methyl sites for hydroxylation is 2. The molecule has 2 amide bonds. The molecule has 7 heteroatoms. The standard InChI is InChI=1S/C25H25N5O2/c1-16-3-6-20(13-17(16)2)22-14-23(29-28-22)25(32)30-11-9-21(10-12-30)27-24(31)19-7-4-18(15-26)5-8-19/h3-8,13-14,21H,9-12H2,1-2H3,(H,27,31)(H,28,29). The number of nitriles is 1. The molecule has 1 saturated heterocycles. The minimum absolute atomic E-state index is 0.00931. The van der Waals surface area contributed by atoms with Crippen molar-refractivity contribution >= 4 is 11.8 Å². The maximum Gasteiger partial charge on any atom is 0.271 e. The average Bonchev–Trinajstić information content (AvgIpc) is 3.31. The number of hydrogen-bond acceptors (Lipinski definition) is 4. The van der Waals surface area contributed by atoms with Crippen LogP contribution in [0.5, 0.6) is 0 Å². The number of hydrogen-bond donors (Lipinski definition) is 2. The Hall–Kier alpha value is -3.92. The molecule has 0 atom stereocenters. The lowest BCUT2D eigenvalue weighted by Gasteiger charge is -2.32. The number of rotatable bonds is 4. The summed E-state index contributed by atoms with van der Waals surface area (Å²) in [4.78, 5) is 27.2. The van der Waals surface area contributed by atoms with Gasteiger partial charge >= 0.3 is 0 Å². The summed E-state index contributed by atoms with van der Waals surface area (Å²) in [5.74, 6) is -0.240. The molecule has 0 bridgehead atoms. The second kappa shape index (κ2) is 9.06. The predicted molar refractivity (Wildman–Crippen MR) is 121 cm³/mol. The van der Waals surface area contributed by atoms with Crippen LogP contribution in [0, 0.1) is 25.2 Å².